The lowest BCUT2D eigenvalue weighted by atomic mass is 9.73. The Morgan fingerprint density at radius 3 is 2.43 bits per heavy atom. The molecular formula is C21H23NO. The van der Waals surface area contributed by atoms with E-state index in [0.29, 0.717) is 5.56 Å². The third kappa shape index (κ3) is 3.07. The molecule has 0 atom stereocenters. The molecule has 2 nitrogen and oxygen atoms in total. The number of amides is 1. The zero-order chi connectivity index (χ0) is 16.6. The Hall–Kier alpha value is -2.35. The van der Waals surface area contributed by atoms with Gasteiger partial charge in [0.2, 0.25) is 0 Å². The number of anilines is 1. The fraction of sp³-hybridized carbons (Fsp3) is 0.286. The van der Waals surface area contributed by atoms with Crippen LogP contribution in [0.1, 0.15) is 54.2 Å². The summed E-state index contributed by atoms with van der Waals surface area (Å²) in [5, 5.41) is 2.97. The van der Waals surface area contributed by atoms with Crippen LogP contribution in [0.3, 0.4) is 0 Å². The molecule has 23 heavy (non-hydrogen) atoms. The van der Waals surface area contributed by atoms with E-state index in [0.717, 1.165) is 12.1 Å². The Morgan fingerprint density at radius 1 is 1.04 bits per heavy atom. The molecule has 0 aromatic heterocycles. The summed E-state index contributed by atoms with van der Waals surface area (Å²) in [6, 6.07) is 13.9. The first-order valence-electron chi connectivity index (χ1n) is 8.06. The van der Waals surface area contributed by atoms with Crippen LogP contribution in [0.25, 0.3) is 5.57 Å². The van der Waals surface area contributed by atoms with Crippen LogP contribution in [-0.4, -0.2) is 5.91 Å². The molecule has 0 bridgehead atoms. The van der Waals surface area contributed by atoms with Gasteiger partial charge in [-0.05, 0) is 66.6 Å². The predicted molar refractivity (Wildman–Crippen MR) is 96.9 cm³/mol. The van der Waals surface area contributed by atoms with Gasteiger partial charge in [-0.1, -0.05) is 43.7 Å². The summed E-state index contributed by atoms with van der Waals surface area (Å²) in [7, 11) is 0. The Morgan fingerprint density at radius 2 is 1.74 bits per heavy atom. The van der Waals surface area contributed by atoms with E-state index in [9.17, 15) is 4.79 Å². The fourth-order valence-electron chi connectivity index (χ4n) is 3.07. The molecule has 0 saturated carbocycles. The molecule has 0 saturated heterocycles. The van der Waals surface area contributed by atoms with Gasteiger partial charge in [0.05, 0.1) is 0 Å². The summed E-state index contributed by atoms with van der Waals surface area (Å²) < 4.78 is 0. The number of rotatable bonds is 2. The first kappa shape index (κ1) is 15.5. The maximum atomic E-state index is 12.5. The number of allylic oxidation sites excluding steroid dienone is 2. The number of fused-ring (bicyclic) bond motifs is 1. The maximum Gasteiger partial charge on any atom is 0.255 e. The minimum absolute atomic E-state index is 0.0622. The second-order valence-electron chi connectivity index (χ2n) is 7.06. The fourth-order valence-corrected chi connectivity index (χ4v) is 3.07. The van der Waals surface area contributed by atoms with Crippen molar-refractivity contribution in [2.75, 3.05) is 5.32 Å². The largest absolute Gasteiger partial charge is 0.322 e. The molecule has 1 aliphatic rings. The van der Waals surface area contributed by atoms with Gasteiger partial charge in [0.25, 0.3) is 5.91 Å². The Labute approximate surface area is 138 Å². The summed E-state index contributed by atoms with van der Waals surface area (Å²) in [5.41, 5.74) is 6.60. The highest BCUT2D eigenvalue weighted by Gasteiger charge is 2.27. The van der Waals surface area contributed by atoms with Crippen LogP contribution in [0.5, 0.6) is 0 Å². The van der Waals surface area contributed by atoms with Gasteiger partial charge in [-0.2, -0.15) is 0 Å². The third-order valence-corrected chi connectivity index (χ3v) is 4.66. The van der Waals surface area contributed by atoms with Gasteiger partial charge in [-0.3, -0.25) is 4.79 Å². The lowest BCUT2D eigenvalue weighted by Crippen LogP contribution is -2.22. The highest BCUT2D eigenvalue weighted by molar-refractivity contribution is 6.04. The van der Waals surface area contributed by atoms with Crippen LogP contribution < -0.4 is 5.32 Å². The van der Waals surface area contributed by atoms with Gasteiger partial charge in [-0.25, -0.2) is 0 Å². The number of nitrogens with one attached hydrogen (secondary N) is 1. The van der Waals surface area contributed by atoms with Crippen molar-refractivity contribution in [3.63, 3.8) is 0 Å². The van der Waals surface area contributed by atoms with Crippen LogP contribution in [0, 0.1) is 6.92 Å². The predicted octanol–water partition coefficient (Wildman–Crippen LogP) is 5.33. The molecule has 0 heterocycles. The van der Waals surface area contributed by atoms with E-state index >= 15 is 0 Å². The lowest BCUT2D eigenvalue weighted by Gasteiger charge is -2.31. The lowest BCUT2D eigenvalue weighted by molar-refractivity contribution is 0.102. The van der Waals surface area contributed by atoms with Crippen LogP contribution >= 0.6 is 0 Å². The first-order chi connectivity index (χ1) is 10.9. The monoisotopic (exact) mass is 305 g/mol. The number of benzene rings is 2. The van der Waals surface area contributed by atoms with E-state index in [-0.39, 0.29) is 11.3 Å². The number of carbonyl (C=O) groups excluding carboxylic acids is 1. The molecule has 0 aliphatic heterocycles. The van der Waals surface area contributed by atoms with Crippen LogP contribution in [0.2, 0.25) is 0 Å². The van der Waals surface area contributed by atoms with E-state index in [2.05, 4.69) is 38.2 Å². The van der Waals surface area contributed by atoms with E-state index in [4.69, 9.17) is 0 Å². The summed E-state index contributed by atoms with van der Waals surface area (Å²) >= 11 is 0. The van der Waals surface area contributed by atoms with Crippen LogP contribution in [-0.2, 0) is 5.41 Å². The summed E-state index contributed by atoms with van der Waals surface area (Å²) in [6.07, 6.45) is 3.31. The molecule has 1 amide bonds. The minimum Gasteiger partial charge on any atom is -0.322 e. The number of aryl methyl sites for hydroxylation is 1. The molecule has 3 rings (SSSR count). The molecule has 118 valence electrons. The molecule has 0 unspecified atom stereocenters. The normalized spacial score (nSPS) is 15.6. The second-order valence-corrected chi connectivity index (χ2v) is 7.06. The zero-order valence-electron chi connectivity index (χ0n) is 14.2. The molecular weight excluding hydrogens is 282 g/mol. The molecule has 0 radical (unpaired) electrons. The van der Waals surface area contributed by atoms with Crippen molar-refractivity contribution in [1.82, 2.24) is 0 Å². The minimum atomic E-state index is -0.0622. The number of hydrogen-bond acceptors (Lipinski definition) is 1. The van der Waals surface area contributed by atoms with Crippen molar-refractivity contribution in [1.29, 1.82) is 0 Å². The average molecular weight is 305 g/mol. The van der Waals surface area contributed by atoms with Crippen LogP contribution in [0.4, 0.5) is 5.69 Å². The Kier molecular flexibility index (Phi) is 3.85. The molecule has 0 spiro atoms. The smallest absolute Gasteiger partial charge is 0.255 e. The second kappa shape index (κ2) is 5.69. The maximum absolute atomic E-state index is 12.5. The highest BCUT2D eigenvalue weighted by atomic mass is 16.1. The van der Waals surface area contributed by atoms with Gasteiger partial charge in [0, 0.05) is 11.3 Å². The van der Waals surface area contributed by atoms with Gasteiger partial charge in [0.1, 0.15) is 0 Å². The SMILES string of the molecule is CC1=CCC(C)(C)c2ccc(C(=O)Nc3ccc(C)cc3)cc21. The van der Waals surface area contributed by atoms with Crippen molar-refractivity contribution < 1.29 is 4.79 Å². The quantitative estimate of drug-likeness (QED) is 0.798. The van der Waals surface area contributed by atoms with Gasteiger partial charge in [0.15, 0.2) is 0 Å². The van der Waals surface area contributed by atoms with Crippen molar-refractivity contribution in [2.45, 2.75) is 39.5 Å². The standard InChI is InChI=1S/C21H23NO/c1-14-5-8-17(9-6-14)22-20(23)16-7-10-19-18(13-16)15(2)11-12-21(19,3)4/h5-11,13H,12H2,1-4H3,(H,22,23). The molecule has 1 N–H and O–H groups in total. The number of carbonyl (C=O) groups is 1. The van der Waals surface area contributed by atoms with E-state index < -0.39 is 0 Å². The Balaban J connectivity index is 1.90. The number of hydrogen-bond donors (Lipinski definition) is 1. The van der Waals surface area contributed by atoms with E-state index in [1.807, 2.05) is 43.3 Å². The van der Waals surface area contributed by atoms with Crippen molar-refractivity contribution in [3.05, 3.63) is 70.8 Å². The van der Waals surface area contributed by atoms with Gasteiger partial charge < -0.3 is 5.32 Å². The van der Waals surface area contributed by atoms with E-state index in [1.165, 1.54) is 22.3 Å². The third-order valence-electron chi connectivity index (χ3n) is 4.66. The van der Waals surface area contributed by atoms with Crippen molar-refractivity contribution >= 4 is 17.2 Å². The Bertz CT molecular complexity index is 782. The van der Waals surface area contributed by atoms with E-state index in [1.54, 1.807) is 0 Å². The molecule has 2 heteroatoms. The van der Waals surface area contributed by atoms with Gasteiger partial charge >= 0.3 is 0 Å². The van der Waals surface area contributed by atoms with Crippen molar-refractivity contribution in [3.8, 4) is 0 Å². The average Bonchev–Trinajstić information content (AvgIpc) is 2.53. The molecule has 1 aliphatic carbocycles. The molecule has 2 aromatic carbocycles. The summed E-state index contributed by atoms with van der Waals surface area (Å²) in [6.45, 7) is 8.66. The topological polar surface area (TPSA) is 29.1 Å². The summed E-state index contributed by atoms with van der Waals surface area (Å²) in [4.78, 5) is 12.5. The van der Waals surface area contributed by atoms with Gasteiger partial charge in [-0.15, -0.1) is 0 Å². The molecule has 0 fully saturated rings. The van der Waals surface area contributed by atoms with Crippen molar-refractivity contribution in [2.24, 2.45) is 0 Å². The molecule has 2 aromatic rings. The summed E-state index contributed by atoms with van der Waals surface area (Å²) in [5.74, 6) is -0.0622. The highest BCUT2D eigenvalue weighted by Crippen LogP contribution is 2.39. The first-order valence-corrected chi connectivity index (χ1v) is 8.06. The van der Waals surface area contributed by atoms with Crippen LogP contribution in [0.15, 0.2) is 48.5 Å². The zero-order valence-corrected chi connectivity index (χ0v) is 14.2.